The van der Waals surface area contributed by atoms with Gasteiger partial charge in [0.2, 0.25) is 0 Å². The fourth-order valence-corrected chi connectivity index (χ4v) is 5.76. The van der Waals surface area contributed by atoms with Crippen molar-refractivity contribution in [3.8, 4) is 11.5 Å². The lowest BCUT2D eigenvalue weighted by molar-refractivity contribution is -0.136. The molecule has 5 rings (SSSR count). The predicted octanol–water partition coefficient (Wildman–Crippen LogP) is 4.92. The number of hydrogen-bond donors (Lipinski definition) is 0. The standard InChI is InChI=1S/C32H29FN2O5S/c1-4-24-28(31(37)38-3)29(21-11-7-6-8-12-21)35-30(36)27(41-32(35)34-24)18-20-15-16-25(26(17-20)39-5-2)40-19-22-13-9-10-14-23(22)33/h6-18,29H,4-5,19H2,1-3H3/b27-18-/t29-/m0/s1. The molecule has 1 aliphatic heterocycles. The zero-order chi connectivity index (χ0) is 28.9. The van der Waals surface area contributed by atoms with Crippen LogP contribution < -0.4 is 24.4 Å². The second-order valence-corrected chi connectivity index (χ2v) is 10.2. The summed E-state index contributed by atoms with van der Waals surface area (Å²) in [6.45, 7) is 4.23. The highest BCUT2D eigenvalue weighted by molar-refractivity contribution is 7.07. The molecule has 0 saturated heterocycles. The Morgan fingerprint density at radius 3 is 2.49 bits per heavy atom. The van der Waals surface area contributed by atoms with E-state index >= 15 is 0 Å². The molecule has 0 unspecified atom stereocenters. The molecule has 1 aromatic heterocycles. The smallest absolute Gasteiger partial charge is 0.338 e. The largest absolute Gasteiger partial charge is 0.490 e. The molecular weight excluding hydrogens is 543 g/mol. The summed E-state index contributed by atoms with van der Waals surface area (Å²) >= 11 is 1.26. The summed E-state index contributed by atoms with van der Waals surface area (Å²) < 4.78 is 32.9. The number of carbonyl (C=O) groups excluding carboxylic acids is 1. The van der Waals surface area contributed by atoms with Gasteiger partial charge in [-0.15, -0.1) is 0 Å². The van der Waals surface area contributed by atoms with Crippen LogP contribution in [0.25, 0.3) is 6.08 Å². The highest BCUT2D eigenvalue weighted by Gasteiger charge is 2.33. The predicted molar refractivity (Wildman–Crippen MR) is 155 cm³/mol. The molecule has 1 atom stereocenters. The maximum absolute atomic E-state index is 14.1. The van der Waals surface area contributed by atoms with Crippen molar-refractivity contribution in [2.24, 2.45) is 4.99 Å². The van der Waals surface area contributed by atoms with Crippen molar-refractivity contribution >= 4 is 23.4 Å². The highest BCUT2D eigenvalue weighted by Crippen LogP contribution is 2.32. The Balaban J connectivity index is 1.57. The van der Waals surface area contributed by atoms with Crippen LogP contribution in [0.2, 0.25) is 0 Å². The number of carbonyl (C=O) groups is 1. The van der Waals surface area contributed by atoms with Gasteiger partial charge in [-0.2, -0.15) is 0 Å². The molecule has 0 radical (unpaired) electrons. The van der Waals surface area contributed by atoms with Crippen LogP contribution in [-0.4, -0.2) is 24.3 Å². The third kappa shape index (κ3) is 5.71. The third-order valence-corrected chi connectivity index (χ3v) is 7.65. The Kier molecular flexibility index (Phi) is 8.45. The van der Waals surface area contributed by atoms with Crippen LogP contribution in [0.3, 0.4) is 0 Å². The van der Waals surface area contributed by atoms with Gasteiger partial charge in [0.15, 0.2) is 16.3 Å². The normalized spacial score (nSPS) is 14.8. The van der Waals surface area contributed by atoms with Gasteiger partial charge >= 0.3 is 5.97 Å². The van der Waals surface area contributed by atoms with Crippen LogP contribution in [0.15, 0.2) is 93.9 Å². The molecule has 0 N–H and O–H groups in total. The van der Waals surface area contributed by atoms with Gasteiger partial charge in [0.1, 0.15) is 12.4 Å². The van der Waals surface area contributed by atoms with Crippen LogP contribution in [0.5, 0.6) is 11.5 Å². The number of halogens is 1. The van der Waals surface area contributed by atoms with Crippen LogP contribution in [0.1, 0.15) is 43.0 Å². The molecule has 1 aliphatic rings. The average Bonchev–Trinajstić information content (AvgIpc) is 3.30. The van der Waals surface area contributed by atoms with Gasteiger partial charge in [0.25, 0.3) is 5.56 Å². The van der Waals surface area contributed by atoms with Gasteiger partial charge in [-0.1, -0.05) is 72.9 Å². The summed E-state index contributed by atoms with van der Waals surface area (Å²) in [5.74, 6) is 0.0933. The van der Waals surface area contributed by atoms with Gasteiger partial charge in [0.05, 0.1) is 35.6 Å². The van der Waals surface area contributed by atoms with E-state index in [0.717, 1.165) is 11.1 Å². The summed E-state index contributed by atoms with van der Waals surface area (Å²) in [5, 5.41) is 0. The zero-order valence-electron chi connectivity index (χ0n) is 22.9. The molecule has 41 heavy (non-hydrogen) atoms. The Morgan fingerprint density at radius 1 is 1.02 bits per heavy atom. The molecule has 0 amide bonds. The molecule has 0 aliphatic carbocycles. The average molecular weight is 573 g/mol. The molecule has 0 fully saturated rings. The fraction of sp³-hybridized carbons (Fsp3) is 0.219. The SMILES string of the molecule is CCOc1cc(/C=c2\sc3n(c2=O)[C@@H](c2ccccc2)C(C(=O)OC)=C(CC)N=3)ccc1OCc1ccccc1F. The van der Waals surface area contributed by atoms with Crippen molar-refractivity contribution in [1.29, 1.82) is 0 Å². The van der Waals surface area contributed by atoms with E-state index in [1.54, 1.807) is 41.0 Å². The Labute approximate surface area is 240 Å². The summed E-state index contributed by atoms with van der Waals surface area (Å²) in [4.78, 5) is 32.0. The molecule has 3 aromatic carbocycles. The number of fused-ring (bicyclic) bond motifs is 1. The van der Waals surface area contributed by atoms with Crippen molar-refractivity contribution < 1.29 is 23.4 Å². The third-order valence-electron chi connectivity index (χ3n) is 6.67. The van der Waals surface area contributed by atoms with Gasteiger partial charge in [-0.3, -0.25) is 9.36 Å². The van der Waals surface area contributed by atoms with Crippen molar-refractivity contribution in [3.05, 3.63) is 126 Å². The Bertz CT molecular complexity index is 1790. The molecule has 0 saturated carbocycles. The highest BCUT2D eigenvalue weighted by atomic mass is 32.1. The van der Waals surface area contributed by atoms with E-state index in [1.165, 1.54) is 24.5 Å². The van der Waals surface area contributed by atoms with E-state index in [-0.39, 0.29) is 18.0 Å². The minimum atomic E-state index is -0.662. The lowest BCUT2D eigenvalue weighted by Crippen LogP contribution is -2.40. The van der Waals surface area contributed by atoms with Gasteiger partial charge in [0, 0.05) is 5.56 Å². The van der Waals surface area contributed by atoms with Crippen LogP contribution in [0, 0.1) is 5.82 Å². The first-order chi connectivity index (χ1) is 19.9. The number of methoxy groups -OCH3 is 1. The van der Waals surface area contributed by atoms with E-state index in [9.17, 15) is 14.0 Å². The molecule has 0 bridgehead atoms. The summed E-state index contributed by atoms with van der Waals surface area (Å²) in [6.07, 6.45) is 2.27. The second-order valence-electron chi connectivity index (χ2n) is 9.22. The van der Waals surface area contributed by atoms with Gasteiger partial charge in [-0.05, 0) is 48.7 Å². The Morgan fingerprint density at radius 2 is 1.78 bits per heavy atom. The lowest BCUT2D eigenvalue weighted by Gasteiger charge is -2.25. The molecule has 2 heterocycles. The molecule has 9 heteroatoms. The minimum Gasteiger partial charge on any atom is -0.490 e. The number of hydrogen-bond acceptors (Lipinski definition) is 7. The second kappa shape index (κ2) is 12.3. The number of esters is 1. The topological polar surface area (TPSA) is 79.1 Å². The summed E-state index contributed by atoms with van der Waals surface area (Å²) in [6, 6.07) is 20.5. The maximum Gasteiger partial charge on any atom is 0.338 e. The van der Waals surface area contributed by atoms with Crippen LogP contribution in [-0.2, 0) is 16.1 Å². The van der Waals surface area contributed by atoms with E-state index < -0.39 is 12.0 Å². The number of allylic oxidation sites excluding steroid dienone is 1. The van der Waals surface area contributed by atoms with E-state index in [0.29, 0.717) is 50.7 Å². The van der Waals surface area contributed by atoms with Crippen molar-refractivity contribution in [2.45, 2.75) is 32.9 Å². The zero-order valence-corrected chi connectivity index (χ0v) is 23.7. The van der Waals surface area contributed by atoms with Gasteiger partial charge < -0.3 is 14.2 Å². The van der Waals surface area contributed by atoms with Gasteiger partial charge in [-0.25, -0.2) is 14.2 Å². The minimum absolute atomic E-state index is 0.0481. The molecular formula is C32H29FN2O5S. The maximum atomic E-state index is 14.1. The Hall–Kier alpha value is -4.50. The molecule has 4 aromatic rings. The summed E-state index contributed by atoms with van der Waals surface area (Å²) in [5.41, 5.74) is 2.62. The molecule has 210 valence electrons. The van der Waals surface area contributed by atoms with Crippen LogP contribution >= 0.6 is 11.3 Å². The quantitative estimate of drug-likeness (QED) is 0.266. The van der Waals surface area contributed by atoms with Crippen LogP contribution in [0.4, 0.5) is 4.39 Å². The molecule has 7 nitrogen and oxygen atoms in total. The first-order valence-corrected chi connectivity index (χ1v) is 14.1. The monoisotopic (exact) mass is 572 g/mol. The summed E-state index contributed by atoms with van der Waals surface area (Å²) in [7, 11) is 1.33. The number of aromatic nitrogens is 1. The van der Waals surface area contributed by atoms with Crippen molar-refractivity contribution in [2.75, 3.05) is 13.7 Å². The van der Waals surface area contributed by atoms with E-state index in [2.05, 4.69) is 0 Å². The number of thiazole rings is 1. The van der Waals surface area contributed by atoms with E-state index in [1.807, 2.05) is 50.2 Å². The van der Waals surface area contributed by atoms with Crippen molar-refractivity contribution in [1.82, 2.24) is 4.57 Å². The number of nitrogens with zero attached hydrogens (tertiary/aromatic N) is 2. The fourth-order valence-electron chi connectivity index (χ4n) is 4.74. The van der Waals surface area contributed by atoms with E-state index in [4.69, 9.17) is 19.2 Å². The van der Waals surface area contributed by atoms with Crippen molar-refractivity contribution in [3.63, 3.8) is 0 Å². The number of rotatable bonds is 9. The first kappa shape index (κ1) is 28.0. The molecule has 0 spiro atoms. The number of ether oxygens (including phenoxy) is 3. The lowest BCUT2D eigenvalue weighted by atomic mass is 9.95. The number of benzene rings is 3. The first-order valence-electron chi connectivity index (χ1n) is 13.3.